The molecule has 23 heavy (non-hydrogen) atoms. The molecule has 0 N–H and O–H groups in total. The fraction of sp³-hybridized carbons (Fsp3) is 0.316. The quantitative estimate of drug-likeness (QED) is 0.598. The summed E-state index contributed by atoms with van der Waals surface area (Å²) in [4.78, 5) is 12.6. The summed E-state index contributed by atoms with van der Waals surface area (Å²) in [6, 6.07) is 14.4. The Balaban J connectivity index is 2.18. The van der Waals surface area contributed by atoms with E-state index < -0.39 is 16.5 Å². The molecule has 4 heteroatoms. The molecule has 1 aliphatic carbocycles. The van der Waals surface area contributed by atoms with Crippen molar-refractivity contribution in [3.05, 3.63) is 53.6 Å². The summed E-state index contributed by atoms with van der Waals surface area (Å²) >= 11 is 0. The Morgan fingerprint density at radius 3 is 1.78 bits per heavy atom. The average Bonchev–Trinajstić information content (AvgIpc) is 2.70. The number of carbonyl (C=O) groups is 1. The third-order valence-electron chi connectivity index (χ3n) is 4.31. The van der Waals surface area contributed by atoms with Crippen LogP contribution >= 0.6 is 0 Å². The minimum atomic E-state index is -1.49. The summed E-state index contributed by atoms with van der Waals surface area (Å²) in [5, 5.41) is 0. The summed E-state index contributed by atoms with van der Waals surface area (Å²) in [7, 11) is -2.99. The van der Waals surface area contributed by atoms with E-state index in [2.05, 4.69) is 61.7 Å². The lowest BCUT2D eigenvalue weighted by Crippen LogP contribution is -2.59. The molecule has 0 amide bonds. The molecule has 2 aromatic carbocycles. The van der Waals surface area contributed by atoms with E-state index in [1.807, 2.05) is 24.3 Å². The van der Waals surface area contributed by atoms with Crippen LogP contribution in [0.2, 0.25) is 39.3 Å². The van der Waals surface area contributed by atoms with Gasteiger partial charge in [0.1, 0.15) is 16.5 Å². The Labute approximate surface area is 141 Å². The van der Waals surface area contributed by atoms with Gasteiger partial charge < -0.3 is 4.23 Å². The number of nitrogens with zero attached hydrogens (tertiary/aromatic N) is 1. The fourth-order valence-corrected chi connectivity index (χ4v) is 13.8. The number of carbonyl (C=O) groups excluding carboxylic acids is 1. The van der Waals surface area contributed by atoms with Crippen molar-refractivity contribution in [2.45, 2.75) is 39.3 Å². The Morgan fingerprint density at radius 2 is 1.22 bits per heavy atom. The topological polar surface area (TPSA) is 20.3 Å². The molecular weight excluding hydrogens is 314 g/mol. The minimum Gasteiger partial charge on any atom is -0.425 e. The molecule has 0 bridgehead atoms. The van der Waals surface area contributed by atoms with Crippen LogP contribution in [0.5, 0.6) is 0 Å². The van der Waals surface area contributed by atoms with E-state index in [4.69, 9.17) is 0 Å². The lowest BCUT2D eigenvalue weighted by Gasteiger charge is -2.46. The van der Waals surface area contributed by atoms with Gasteiger partial charge in [-0.1, -0.05) is 63.5 Å². The van der Waals surface area contributed by atoms with Gasteiger partial charge in [0.15, 0.2) is 5.78 Å². The molecule has 2 nitrogen and oxygen atoms in total. The normalized spacial score (nSPS) is 13.7. The van der Waals surface area contributed by atoms with Gasteiger partial charge in [0.05, 0.1) is 0 Å². The highest BCUT2D eigenvalue weighted by molar-refractivity contribution is 6.99. The zero-order chi connectivity index (χ0) is 17.0. The van der Waals surface area contributed by atoms with Gasteiger partial charge in [0.2, 0.25) is 0 Å². The number of fused-ring (bicyclic) bond motifs is 3. The van der Waals surface area contributed by atoms with Gasteiger partial charge in [-0.15, -0.1) is 0 Å². The van der Waals surface area contributed by atoms with E-state index in [1.165, 1.54) is 5.69 Å². The molecule has 0 aromatic heterocycles. The molecule has 0 aliphatic heterocycles. The fourth-order valence-electron chi connectivity index (χ4n) is 3.93. The Morgan fingerprint density at radius 1 is 0.696 bits per heavy atom. The second kappa shape index (κ2) is 5.18. The maximum atomic E-state index is 12.6. The van der Waals surface area contributed by atoms with Crippen LogP contribution in [-0.2, 0) is 0 Å². The van der Waals surface area contributed by atoms with Gasteiger partial charge in [-0.2, -0.15) is 0 Å². The summed E-state index contributed by atoms with van der Waals surface area (Å²) in [6.45, 7) is 14.4. The van der Waals surface area contributed by atoms with Crippen LogP contribution in [0.1, 0.15) is 15.9 Å². The molecule has 0 spiro atoms. The van der Waals surface area contributed by atoms with Gasteiger partial charge >= 0.3 is 0 Å². The van der Waals surface area contributed by atoms with E-state index in [9.17, 15) is 4.79 Å². The van der Waals surface area contributed by atoms with Gasteiger partial charge in [0, 0.05) is 16.8 Å². The van der Waals surface area contributed by atoms with Crippen molar-refractivity contribution < 1.29 is 4.79 Å². The summed E-state index contributed by atoms with van der Waals surface area (Å²) in [5.41, 5.74) is 5.16. The summed E-state index contributed by atoms with van der Waals surface area (Å²) in [6.07, 6.45) is 0. The molecule has 0 heterocycles. The first-order chi connectivity index (χ1) is 10.6. The minimum absolute atomic E-state index is 0.162. The first-order valence-corrected chi connectivity index (χ1v) is 15.1. The number of anilines is 1. The highest BCUT2D eigenvalue weighted by Crippen LogP contribution is 2.40. The van der Waals surface area contributed by atoms with Crippen LogP contribution in [0.15, 0.2) is 42.5 Å². The number of hydrogen-bond donors (Lipinski definition) is 0. The van der Waals surface area contributed by atoms with Crippen LogP contribution < -0.4 is 4.23 Å². The SMILES string of the molecule is C[Si](C)(C)N(c1ccc2c(c1)-c1ccccc1C2=O)[Si](C)(C)C. The maximum absolute atomic E-state index is 12.6. The number of benzene rings is 2. The smallest absolute Gasteiger partial charge is 0.194 e. The third-order valence-corrected chi connectivity index (χ3v) is 11.5. The van der Waals surface area contributed by atoms with Crippen LogP contribution in [-0.4, -0.2) is 22.3 Å². The van der Waals surface area contributed by atoms with Crippen LogP contribution in [0.3, 0.4) is 0 Å². The van der Waals surface area contributed by atoms with Crippen molar-refractivity contribution in [2.75, 3.05) is 4.23 Å². The maximum Gasteiger partial charge on any atom is 0.194 e. The van der Waals surface area contributed by atoms with E-state index >= 15 is 0 Å². The molecule has 0 fully saturated rings. The van der Waals surface area contributed by atoms with Gasteiger partial charge in [0.25, 0.3) is 0 Å². The van der Waals surface area contributed by atoms with Crippen molar-refractivity contribution in [3.8, 4) is 11.1 Å². The van der Waals surface area contributed by atoms with Crippen LogP contribution in [0.25, 0.3) is 11.1 Å². The van der Waals surface area contributed by atoms with Crippen molar-refractivity contribution in [1.29, 1.82) is 0 Å². The van der Waals surface area contributed by atoms with Crippen LogP contribution in [0.4, 0.5) is 5.69 Å². The zero-order valence-electron chi connectivity index (χ0n) is 14.9. The predicted molar refractivity (Wildman–Crippen MR) is 104 cm³/mol. The Kier molecular flexibility index (Phi) is 3.65. The standard InChI is InChI=1S/C19H25NOSi2/c1-22(2,3)20(23(4,5)6)14-11-12-17-18(13-14)15-9-7-8-10-16(15)19(17)21/h7-13H,1-6H3. The van der Waals surface area contributed by atoms with Gasteiger partial charge in [-0.25, -0.2) is 0 Å². The van der Waals surface area contributed by atoms with Crippen LogP contribution in [0, 0.1) is 0 Å². The zero-order valence-corrected chi connectivity index (χ0v) is 16.9. The number of rotatable bonds is 3. The first-order valence-electron chi connectivity index (χ1n) is 8.19. The lowest BCUT2D eigenvalue weighted by molar-refractivity contribution is 0.104. The molecule has 0 radical (unpaired) electrons. The van der Waals surface area contributed by atoms with Crippen molar-refractivity contribution in [3.63, 3.8) is 0 Å². The first kappa shape index (κ1) is 16.2. The third kappa shape index (κ3) is 2.70. The molecular formula is C19H25NOSi2. The van der Waals surface area contributed by atoms with E-state index in [0.717, 1.165) is 22.3 Å². The molecule has 0 atom stereocenters. The molecule has 2 aromatic rings. The number of ketones is 1. The van der Waals surface area contributed by atoms with E-state index in [1.54, 1.807) is 0 Å². The second-order valence-electron chi connectivity index (χ2n) is 8.28. The van der Waals surface area contributed by atoms with E-state index in [0.29, 0.717) is 0 Å². The molecule has 3 rings (SSSR count). The second-order valence-corrected chi connectivity index (χ2v) is 18.3. The van der Waals surface area contributed by atoms with Gasteiger partial charge in [-0.05, 0) is 29.3 Å². The molecule has 0 saturated carbocycles. The van der Waals surface area contributed by atoms with Crippen molar-refractivity contribution >= 4 is 27.9 Å². The largest absolute Gasteiger partial charge is 0.425 e. The van der Waals surface area contributed by atoms with E-state index in [-0.39, 0.29) is 5.78 Å². The highest BCUT2D eigenvalue weighted by Gasteiger charge is 2.36. The molecule has 0 unspecified atom stereocenters. The Hall–Kier alpha value is -1.66. The van der Waals surface area contributed by atoms with Crippen molar-refractivity contribution in [1.82, 2.24) is 0 Å². The predicted octanol–water partition coefficient (Wildman–Crippen LogP) is 5.37. The summed E-state index contributed by atoms with van der Waals surface area (Å²) in [5.74, 6) is 0.162. The van der Waals surface area contributed by atoms with Crippen molar-refractivity contribution in [2.24, 2.45) is 0 Å². The highest BCUT2D eigenvalue weighted by atomic mass is 28.4. The number of hydrogen-bond acceptors (Lipinski definition) is 2. The monoisotopic (exact) mass is 339 g/mol. The molecule has 0 saturated heterocycles. The lowest BCUT2D eigenvalue weighted by atomic mass is 10.1. The Bertz CT molecular complexity index is 771. The molecule has 1 aliphatic rings. The summed E-state index contributed by atoms with van der Waals surface area (Å²) < 4.78 is 2.70. The average molecular weight is 340 g/mol. The molecule has 120 valence electrons. The van der Waals surface area contributed by atoms with Gasteiger partial charge in [-0.3, -0.25) is 4.79 Å².